The average molecular weight is 292 g/mol. The number of nitrogens with one attached hydrogen (secondary N) is 2. The number of anilines is 1. The molecule has 6 nitrogen and oxygen atoms in total. The molecule has 0 saturated carbocycles. The second-order valence-corrected chi connectivity index (χ2v) is 5.14. The molecule has 0 radical (unpaired) electrons. The summed E-state index contributed by atoms with van der Waals surface area (Å²) in [5.41, 5.74) is 3.60. The van der Waals surface area contributed by atoms with Crippen molar-refractivity contribution < 1.29 is 9.53 Å². The smallest absolute Gasteiger partial charge is 0.321 e. The van der Waals surface area contributed by atoms with Gasteiger partial charge in [-0.25, -0.2) is 4.79 Å². The first-order chi connectivity index (χ1) is 9.60. The summed E-state index contributed by atoms with van der Waals surface area (Å²) in [5.74, 6) is 0.749. The Kier molecular flexibility index (Phi) is 4.52. The van der Waals surface area contributed by atoms with Crippen molar-refractivity contribution in [2.75, 3.05) is 12.4 Å². The molecule has 0 aliphatic carbocycles. The number of carbonyl (C=O) groups is 1. The van der Waals surface area contributed by atoms with E-state index in [2.05, 4.69) is 20.8 Å². The number of urea groups is 1. The van der Waals surface area contributed by atoms with Crippen LogP contribution in [0.5, 0.6) is 5.75 Å². The summed E-state index contributed by atoms with van der Waals surface area (Å²) in [6.07, 6.45) is 0. The summed E-state index contributed by atoms with van der Waals surface area (Å²) in [6.45, 7) is 3.90. The predicted molar refractivity (Wildman–Crippen MR) is 78.2 cm³/mol. The first-order valence-corrected chi connectivity index (χ1v) is 6.96. The van der Waals surface area contributed by atoms with Crippen LogP contribution in [0.1, 0.15) is 24.1 Å². The average Bonchev–Trinajstić information content (AvgIpc) is 2.91. The van der Waals surface area contributed by atoms with E-state index in [9.17, 15) is 4.79 Å². The first kappa shape index (κ1) is 14.3. The van der Waals surface area contributed by atoms with E-state index in [0.29, 0.717) is 5.13 Å². The van der Waals surface area contributed by atoms with Crippen molar-refractivity contribution in [3.05, 3.63) is 34.8 Å². The number of methoxy groups -OCH3 is 1. The zero-order chi connectivity index (χ0) is 14.5. The van der Waals surface area contributed by atoms with E-state index < -0.39 is 0 Å². The summed E-state index contributed by atoms with van der Waals surface area (Å²) < 4.78 is 5.32. The maximum absolute atomic E-state index is 11.9. The number of benzene rings is 1. The van der Waals surface area contributed by atoms with Crippen molar-refractivity contribution in [3.63, 3.8) is 0 Å². The van der Waals surface area contributed by atoms with Crippen LogP contribution in [0.25, 0.3) is 0 Å². The number of hydrogen-bond donors (Lipinski definition) is 2. The maximum atomic E-state index is 11.9. The van der Waals surface area contributed by atoms with E-state index in [-0.39, 0.29) is 12.1 Å². The Morgan fingerprint density at radius 2 is 2.25 bits per heavy atom. The zero-order valence-electron chi connectivity index (χ0n) is 11.5. The van der Waals surface area contributed by atoms with Crippen LogP contribution in [0, 0.1) is 6.92 Å². The molecule has 2 amide bonds. The summed E-state index contributed by atoms with van der Waals surface area (Å²) in [6, 6.07) is 5.35. The van der Waals surface area contributed by atoms with Gasteiger partial charge in [0, 0.05) is 5.56 Å². The first-order valence-electron chi connectivity index (χ1n) is 6.08. The molecule has 0 saturated heterocycles. The van der Waals surface area contributed by atoms with E-state index in [1.807, 2.05) is 32.0 Å². The Labute approximate surface area is 121 Å². The lowest BCUT2D eigenvalue weighted by atomic mass is 10.0. The van der Waals surface area contributed by atoms with Crippen LogP contribution in [0.2, 0.25) is 0 Å². The molecule has 0 unspecified atom stereocenters. The Bertz CT molecular complexity index is 586. The van der Waals surface area contributed by atoms with Gasteiger partial charge in [-0.1, -0.05) is 29.0 Å². The number of aromatic nitrogens is 2. The second kappa shape index (κ2) is 6.33. The Morgan fingerprint density at radius 3 is 2.90 bits per heavy atom. The van der Waals surface area contributed by atoms with Gasteiger partial charge >= 0.3 is 6.03 Å². The molecule has 2 rings (SSSR count). The van der Waals surface area contributed by atoms with Crippen LogP contribution >= 0.6 is 11.3 Å². The van der Waals surface area contributed by atoms with Crippen molar-refractivity contribution in [1.82, 2.24) is 15.5 Å². The van der Waals surface area contributed by atoms with Crippen molar-refractivity contribution >= 4 is 22.5 Å². The minimum Gasteiger partial charge on any atom is -0.496 e. The highest BCUT2D eigenvalue weighted by molar-refractivity contribution is 7.13. The molecule has 1 heterocycles. The number of carbonyl (C=O) groups excluding carboxylic acids is 1. The lowest BCUT2D eigenvalue weighted by molar-refractivity contribution is 0.249. The van der Waals surface area contributed by atoms with Crippen molar-refractivity contribution in [3.8, 4) is 5.75 Å². The topological polar surface area (TPSA) is 76.1 Å². The third kappa shape index (κ3) is 3.45. The van der Waals surface area contributed by atoms with E-state index in [1.165, 1.54) is 11.3 Å². The SMILES string of the molecule is COc1ccc(C)cc1[C@H](C)NC(=O)Nc1nncs1. The van der Waals surface area contributed by atoms with Gasteiger partial charge in [-0.2, -0.15) is 0 Å². The Hall–Kier alpha value is -2.15. The van der Waals surface area contributed by atoms with E-state index >= 15 is 0 Å². The molecule has 106 valence electrons. The fourth-order valence-electron chi connectivity index (χ4n) is 1.83. The summed E-state index contributed by atoms with van der Waals surface area (Å²) in [5, 5.41) is 13.4. The fourth-order valence-corrected chi connectivity index (χ4v) is 2.27. The minimum absolute atomic E-state index is 0.183. The van der Waals surface area contributed by atoms with Crippen molar-refractivity contribution in [2.24, 2.45) is 0 Å². The van der Waals surface area contributed by atoms with Gasteiger partial charge in [-0.15, -0.1) is 10.2 Å². The van der Waals surface area contributed by atoms with Gasteiger partial charge in [0.15, 0.2) is 0 Å². The summed E-state index contributed by atoms with van der Waals surface area (Å²) in [7, 11) is 1.61. The number of rotatable bonds is 4. The Balaban J connectivity index is 2.06. The molecule has 0 bridgehead atoms. The van der Waals surface area contributed by atoms with Gasteiger partial charge in [-0.05, 0) is 19.9 Å². The largest absolute Gasteiger partial charge is 0.496 e. The predicted octanol–water partition coefficient (Wildman–Crippen LogP) is 2.74. The molecule has 2 N–H and O–H groups in total. The van der Waals surface area contributed by atoms with E-state index in [1.54, 1.807) is 12.6 Å². The second-order valence-electron chi connectivity index (χ2n) is 4.31. The number of amides is 2. The maximum Gasteiger partial charge on any atom is 0.321 e. The third-order valence-electron chi connectivity index (χ3n) is 2.78. The van der Waals surface area contributed by atoms with Gasteiger partial charge in [0.05, 0.1) is 13.2 Å². The minimum atomic E-state index is -0.321. The molecular formula is C13H16N4O2S. The highest BCUT2D eigenvalue weighted by atomic mass is 32.1. The van der Waals surface area contributed by atoms with Crippen LogP contribution in [-0.4, -0.2) is 23.3 Å². The highest BCUT2D eigenvalue weighted by Crippen LogP contribution is 2.26. The van der Waals surface area contributed by atoms with Gasteiger partial charge < -0.3 is 10.1 Å². The fraction of sp³-hybridized carbons (Fsp3) is 0.308. The van der Waals surface area contributed by atoms with Crippen LogP contribution < -0.4 is 15.4 Å². The molecule has 0 spiro atoms. The number of nitrogens with zero attached hydrogens (tertiary/aromatic N) is 2. The molecule has 20 heavy (non-hydrogen) atoms. The van der Waals surface area contributed by atoms with Crippen LogP contribution in [0.15, 0.2) is 23.7 Å². The number of hydrogen-bond acceptors (Lipinski definition) is 5. The van der Waals surface area contributed by atoms with Gasteiger partial charge in [0.2, 0.25) is 5.13 Å². The van der Waals surface area contributed by atoms with E-state index in [4.69, 9.17) is 4.74 Å². The molecule has 7 heteroatoms. The number of ether oxygens (including phenoxy) is 1. The number of aryl methyl sites for hydroxylation is 1. The lowest BCUT2D eigenvalue weighted by Crippen LogP contribution is -2.31. The summed E-state index contributed by atoms with van der Waals surface area (Å²) >= 11 is 1.27. The normalized spacial score (nSPS) is 11.8. The quantitative estimate of drug-likeness (QED) is 0.908. The molecule has 0 fully saturated rings. The van der Waals surface area contributed by atoms with Crippen LogP contribution in [0.4, 0.5) is 9.93 Å². The third-order valence-corrected chi connectivity index (χ3v) is 3.39. The van der Waals surface area contributed by atoms with Crippen molar-refractivity contribution in [2.45, 2.75) is 19.9 Å². The van der Waals surface area contributed by atoms with Gasteiger partial charge in [0.1, 0.15) is 11.3 Å². The molecule has 1 aromatic heterocycles. The molecule has 1 atom stereocenters. The Morgan fingerprint density at radius 1 is 1.45 bits per heavy atom. The van der Waals surface area contributed by atoms with Gasteiger partial charge in [0.25, 0.3) is 0 Å². The molecule has 1 aromatic carbocycles. The molecule has 2 aromatic rings. The molecule has 0 aliphatic heterocycles. The monoisotopic (exact) mass is 292 g/mol. The van der Waals surface area contributed by atoms with Crippen LogP contribution in [0.3, 0.4) is 0 Å². The molecular weight excluding hydrogens is 276 g/mol. The highest BCUT2D eigenvalue weighted by Gasteiger charge is 2.14. The van der Waals surface area contributed by atoms with Crippen molar-refractivity contribution in [1.29, 1.82) is 0 Å². The summed E-state index contributed by atoms with van der Waals surface area (Å²) in [4.78, 5) is 11.9. The lowest BCUT2D eigenvalue weighted by Gasteiger charge is -2.17. The molecule has 0 aliphatic rings. The van der Waals surface area contributed by atoms with E-state index in [0.717, 1.165) is 16.9 Å². The standard InChI is InChI=1S/C13H16N4O2S/c1-8-4-5-11(19-3)10(6-8)9(2)15-12(18)16-13-17-14-7-20-13/h4-7,9H,1-3H3,(H2,15,16,17,18)/t9-/m0/s1. The zero-order valence-corrected chi connectivity index (χ0v) is 12.3. The van der Waals surface area contributed by atoms with Gasteiger partial charge in [-0.3, -0.25) is 5.32 Å². The van der Waals surface area contributed by atoms with Crippen LogP contribution in [-0.2, 0) is 0 Å².